The standard InChI is InChI=1S/C12H24N2O3/c1-10(2)13-11(15)9-14(3)6-5-12-16-7-4-8-17-12/h10,12H,4-9H2,1-3H3,(H,13,15). The highest BCUT2D eigenvalue weighted by Gasteiger charge is 2.15. The minimum Gasteiger partial charge on any atom is -0.353 e. The number of hydrogen-bond donors (Lipinski definition) is 1. The topological polar surface area (TPSA) is 50.8 Å². The first kappa shape index (κ1) is 14.4. The average Bonchev–Trinajstić information content (AvgIpc) is 2.26. The van der Waals surface area contributed by atoms with Crippen molar-refractivity contribution in [3.05, 3.63) is 0 Å². The first-order valence-corrected chi connectivity index (χ1v) is 6.29. The fourth-order valence-electron chi connectivity index (χ4n) is 1.72. The molecular formula is C12H24N2O3. The lowest BCUT2D eigenvalue weighted by molar-refractivity contribution is -0.182. The highest BCUT2D eigenvalue weighted by Crippen LogP contribution is 2.08. The Morgan fingerprint density at radius 1 is 1.41 bits per heavy atom. The summed E-state index contributed by atoms with van der Waals surface area (Å²) < 4.78 is 10.9. The summed E-state index contributed by atoms with van der Waals surface area (Å²) in [7, 11) is 1.93. The molecule has 0 aromatic rings. The number of rotatable bonds is 6. The molecule has 1 aliphatic heterocycles. The predicted octanol–water partition coefficient (Wildman–Crippen LogP) is 0.596. The van der Waals surface area contributed by atoms with E-state index in [1.807, 2.05) is 25.8 Å². The Labute approximate surface area is 103 Å². The van der Waals surface area contributed by atoms with Gasteiger partial charge in [-0.1, -0.05) is 0 Å². The van der Waals surface area contributed by atoms with Crippen molar-refractivity contribution in [3.63, 3.8) is 0 Å². The van der Waals surface area contributed by atoms with Crippen LogP contribution in [0.5, 0.6) is 0 Å². The minimum atomic E-state index is -0.0978. The Hall–Kier alpha value is -0.650. The first-order valence-electron chi connectivity index (χ1n) is 6.29. The molecule has 0 unspecified atom stereocenters. The second-order valence-corrected chi connectivity index (χ2v) is 4.77. The van der Waals surface area contributed by atoms with Gasteiger partial charge in [-0.2, -0.15) is 0 Å². The summed E-state index contributed by atoms with van der Waals surface area (Å²) in [6.07, 6.45) is 1.69. The molecule has 100 valence electrons. The van der Waals surface area contributed by atoms with E-state index in [1.54, 1.807) is 0 Å². The summed E-state index contributed by atoms with van der Waals surface area (Å²) in [4.78, 5) is 13.5. The zero-order valence-electron chi connectivity index (χ0n) is 11.1. The number of amides is 1. The van der Waals surface area contributed by atoms with Gasteiger partial charge in [-0.05, 0) is 27.3 Å². The largest absolute Gasteiger partial charge is 0.353 e. The highest BCUT2D eigenvalue weighted by atomic mass is 16.7. The van der Waals surface area contributed by atoms with E-state index >= 15 is 0 Å². The number of nitrogens with zero attached hydrogens (tertiary/aromatic N) is 1. The van der Waals surface area contributed by atoms with Gasteiger partial charge in [-0.25, -0.2) is 0 Å². The molecule has 1 amide bonds. The zero-order valence-corrected chi connectivity index (χ0v) is 11.1. The van der Waals surface area contributed by atoms with Crippen LogP contribution in [-0.4, -0.2) is 56.5 Å². The molecule has 0 saturated carbocycles. The van der Waals surface area contributed by atoms with Gasteiger partial charge in [0.1, 0.15) is 0 Å². The van der Waals surface area contributed by atoms with Crippen LogP contribution < -0.4 is 5.32 Å². The molecular weight excluding hydrogens is 220 g/mol. The van der Waals surface area contributed by atoms with Crippen LogP contribution in [0, 0.1) is 0 Å². The van der Waals surface area contributed by atoms with Gasteiger partial charge in [0.05, 0.1) is 19.8 Å². The normalized spacial score (nSPS) is 17.7. The number of nitrogens with one attached hydrogen (secondary N) is 1. The lowest BCUT2D eigenvalue weighted by Gasteiger charge is -2.25. The molecule has 5 heteroatoms. The minimum absolute atomic E-state index is 0.0629. The van der Waals surface area contributed by atoms with Crippen molar-refractivity contribution in [2.75, 3.05) is 33.4 Å². The van der Waals surface area contributed by atoms with Crippen molar-refractivity contribution >= 4 is 5.91 Å². The van der Waals surface area contributed by atoms with E-state index in [0.29, 0.717) is 6.54 Å². The maximum absolute atomic E-state index is 11.5. The zero-order chi connectivity index (χ0) is 12.7. The molecule has 1 fully saturated rings. The molecule has 0 aromatic carbocycles. The van der Waals surface area contributed by atoms with Gasteiger partial charge >= 0.3 is 0 Å². The van der Waals surface area contributed by atoms with Crippen molar-refractivity contribution < 1.29 is 14.3 Å². The van der Waals surface area contributed by atoms with Crippen LogP contribution >= 0.6 is 0 Å². The Bertz CT molecular complexity index is 228. The third kappa shape index (κ3) is 6.61. The van der Waals surface area contributed by atoms with E-state index in [0.717, 1.165) is 32.6 Å². The third-order valence-corrected chi connectivity index (χ3v) is 2.51. The number of carbonyl (C=O) groups excluding carboxylic acids is 1. The molecule has 1 heterocycles. The van der Waals surface area contributed by atoms with Gasteiger partial charge in [-0.15, -0.1) is 0 Å². The third-order valence-electron chi connectivity index (χ3n) is 2.51. The van der Waals surface area contributed by atoms with Crippen LogP contribution in [0.15, 0.2) is 0 Å². The van der Waals surface area contributed by atoms with Crippen LogP contribution in [0.4, 0.5) is 0 Å². The lowest BCUT2D eigenvalue weighted by atomic mass is 10.3. The van der Waals surface area contributed by atoms with Crippen LogP contribution in [0.25, 0.3) is 0 Å². The van der Waals surface area contributed by atoms with Crippen LogP contribution in [-0.2, 0) is 14.3 Å². The van der Waals surface area contributed by atoms with E-state index in [-0.39, 0.29) is 18.2 Å². The smallest absolute Gasteiger partial charge is 0.234 e. The lowest BCUT2D eigenvalue weighted by Crippen LogP contribution is -2.39. The summed E-state index contributed by atoms with van der Waals surface area (Å²) in [6.45, 7) is 6.70. The van der Waals surface area contributed by atoms with Crippen LogP contribution in [0.3, 0.4) is 0 Å². The predicted molar refractivity (Wildman–Crippen MR) is 65.7 cm³/mol. The van der Waals surface area contributed by atoms with Crippen LogP contribution in [0.2, 0.25) is 0 Å². The van der Waals surface area contributed by atoms with Crippen molar-refractivity contribution in [2.24, 2.45) is 0 Å². The summed E-state index contributed by atoms with van der Waals surface area (Å²) in [5.74, 6) is 0.0629. The second-order valence-electron chi connectivity index (χ2n) is 4.77. The van der Waals surface area contributed by atoms with Crippen molar-refractivity contribution in [1.29, 1.82) is 0 Å². The van der Waals surface area contributed by atoms with E-state index in [2.05, 4.69) is 5.32 Å². The SMILES string of the molecule is CC(C)NC(=O)CN(C)CCC1OCCCO1. The van der Waals surface area contributed by atoms with E-state index in [1.165, 1.54) is 0 Å². The number of hydrogen-bond acceptors (Lipinski definition) is 4. The Balaban J connectivity index is 2.11. The maximum atomic E-state index is 11.5. The van der Waals surface area contributed by atoms with E-state index < -0.39 is 0 Å². The van der Waals surface area contributed by atoms with Crippen LogP contribution in [0.1, 0.15) is 26.7 Å². The summed E-state index contributed by atoms with van der Waals surface area (Å²) in [5, 5.41) is 2.87. The summed E-state index contributed by atoms with van der Waals surface area (Å²) >= 11 is 0. The Kier molecular flexibility index (Phi) is 6.47. The van der Waals surface area contributed by atoms with Crippen molar-refractivity contribution in [3.8, 4) is 0 Å². The van der Waals surface area contributed by atoms with Gasteiger partial charge in [0.2, 0.25) is 5.91 Å². The van der Waals surface area contributed by atoms with E-state index in [9.17, 15) is 4.79 Å². The molecule has 1 rings (SSSR count). The quantitative estimate of drug-likeness (QED) is 0.743. The average molecular weight is 244 g/mol. The van der Waals surface area contributed by atoms with Gasteiger partial charge in [-0.3, -0.25) is 9.69 Å². The molecule has 1 N–H and O–H groups in total. The number of carbonyl (C=O) groups is 1. The molecule has 1 saturated heterocycles. The number of likely N-dealkylation sites (N-methyl/N-ethyl adjacent to an activating group) is 1. The second kappa shape index (κ2) is 7.63. The fraction of sp³-hybridized carbons (Fsp3) is 0.917. The van der Waals surface area contributed by atoms with E-state index in [4.69, 9.17) is 9.47 Å². The molecule has 0 aromatic heterocycles. The molecule has 1 aliphatic rings. The molecule has 0 atom stereocenters. The first-order chi connectivity index (χ1) is 8.08. The Morgan fingerprint density at radius 2 is 2.06 bits per heavy atom. The fourth-order valence-corrected chi connectivity index (χ4v) is 1.72. The summed E-state index contributed by atoms with van der Waals surface area (Å²) in [5.41, 5.74) is 0. The number of ether oxygens (including phenoxy) is 2. The molecule has 0 spiro atoms. The molecule has 0 radical (unpaired) electrons. The van der Waals surface area contributed by atoms with Gasteiger partial charge in [0, 0.05) is 19.0 Å². The van der Waals surface area contributed by atoms with Crippen molar-refractivity contribution in [1.82, 2.24) is 10.2 Å². The van der Waals surface area contributed by atoms with Gasteiger partial charge in [0.15, 0.2) is 6.29 Å². The molecule has 0 aliphatic carbocycles. The maximum Gasteiger partial charge on any atom is 0.234 e. The monoisotopic (exact) mass is 244 g/mol. The molecule has 0 bridgehead atoms. The molecule has 17 heavy (non-hydrogen) atoms. The Morgan fingerprint density at radius 3 is 2.65 bits per heavy atom. The highest BCUT2D eigenvalue weighted by molar-refractivity contribution is 5.78. The van der Waals surface area contributed by atoms with Gasteiger partial charge < -0.3 is 14.8 Å². The van der Waals surface area contributed by atoms with Crippen molar-refractivity contribution in [2.45, 2.75) is 39.0 Å². The molecule has 5 nitrogen and oxygen atoms in total. The van der Waals surface area contributed by atoms with Gasteiger partial charge in [0.25, 0.3) is 0 Å². The summed E-state index contributed by atoms with van der Waals surface area (Å²) in [6, 6.07) is 0.195.